The summed E-state index contributed by atoms with van der Waals surface area (Å²) in [6, 6.07) is 7.27. The molecule has 1 amide bonds. The summed E-state index contributed by atoms with van der Waals surface area (Å²) in [5, 5.41) is 11.8. The molecular weight excluding hydrogens is 270 g/mol. The summed E-state index contributed by atoms with van der Waals surface area (Å²) in [4.78, 5) is 27.1. The zero-order valence-corrected chi connectivity index (χ0v) is 11.9. The largest absolute Gasteiger partial charge is 0.481 e. The summed E-state index contributed by atoms with van der Waals surface area (Å²) in [5.41, 5.74) is 0.284. The first-order chi connectivity index (χ1) is 9.90. The van der Waals surface area contributed by atoms with Crippen LogP contribution in [0.5, 0.6) is 0 Å². The van der Waals surface area contributed by atoms with Crippen molar-refractivity contribution in [1.29, 1.82) is 0 Å². The zero-order valence-electron chi connectivity index (χ0n) is 11.9. The number of imidazole rings is 1. The van der Waals surface area contributed by atoms with Crippen LogP contribution in [0.2, 0.25) is 0 Å². The Morgan fingerprint density at radius 3 is 2.67 bits per heavy atom. The van der Waals surface area contributed by atoms with Crippen molar-refractivity contribution in [3.63, 3.8) is 0 Å². The molecule has 0 unspecified atom stereocenters. The van der Waals surface area contributed by atoms with Crippen LogP contribution in [-0.4, -0.2) is 26.5 Å². The lowest BCUT2D eigenvalue weighted by molar-refractivity contribution is -0.148. The van der Waals surface area contributed by atoms with Gasteiger partial charge in [0.1, 0.15) is 0 Å². The Morgan fingerprint density at radius 2 is 2.05 bits per heavy atom. The van der Waals surface area contributed by atoms with Gasteiger partial charge in [-0.15, -0.1) is 0 Å². The minimum atomic E-state index is -1.10. The molecule has 1 heterocycles. The van der Waals surface area contributed by atoms with E-state index in [1.807, 2.05) is 12.1 Å². The number of carbonyl (C=O) groups is 2. The molecule has 21 heavy (non-hydrogen) atoms. The van der Waals surface area contributed by atoms with Crippen molar-refractivity contribution in [2.45, 2.75) is 20.3 Å². The lowest BCUT2D eigenvalue weighted by atomic mass is 9.89. The summed E-state index contributed by atoms with van der Waals surface area (Å²) in [7, 11) is 0. The van der Waals surface area contributed by atoms with Crippen molar-refractivity contribution in [2.75, 3.05) is 5.32 Å². The third-order valence-electron chi connectivity index (χ3n) is 3.14. The van der Waals surface area contributed by atoms with Gasteiger partial charge in [0.15, 0.2) is 0 Å². The number of benzene rings is 1. The molecule has 0 saturated heterocycles. The Labute approximate surface area is 122 Å². The molecule has 0 atom stereocenters. The Kier molecular flexibility index (Phi) is 4.07. The van der Waals surface area contributed by atoms with Gasteiger partial charge in [-0.25, -0.2) is 4.98 Å². The van der Waals surface area contributed by atoms with E-state index in [1.54, 1.807) is 35.4 Å². The second-order valence-electron chi connectivity index (χ2n) is 5.40. The van der Waals surface area contributed by atoms with Gasteiger partial charge in [-0.05, 0) is 26.0 Å². The Hall–Kier alpha value is -2.63. The quantitative estimate of drug-likeness (QED) is 0.883. The van der Waals surface area contributed by atoms with Crippen LogP contribution in [0.15, 0.2) is 43.0 Å². The molecule has 0 bridgehead atoms. The molecule has 6 nitrogen and oxygen atoms in total. The number of para-hydroxylation sites is 2. The van der Waals surface area contributed by atoms with Crippen molar-refractivity contribution in [2.24, 2.45) is 5.41 Å². The van der Waals surface area contributed by atoms with Gasteiger partial charge in [0, 0.05) is 18.8 Å². The van der Waals surface area contributed by atoms with Crippen molar-refractivity contribution < 1.29 is 14.7 Å². The molecule has 0 aliphatic heterocycles. The summed E-state index contributed by atoms with van der Waals surface area (Å²) in [5.74, 6) is -1.34. The number of amides is 1. The number of anilines is 1. The highest BCUT2D eigenvalue weighted by Gasteiger charge is 2.30. The van der Waals surface area contributed by atoms with Crippen LogP contribution in [0.4, 0.5) is 5.69 Å². The average Bonchev–Trinajstić information content (AvgIpc) is 2.92. The van der Waals surface area contributed by atoms with Gasteiger partial charge in [0.05, 0.1) is 23.1 Å². The number of nitrogens with one attached hydrogen (secondary N) is 1. The van der Waals surface area contributed by atoms with E-state index in [-0.39, 0.29) is 12.3 Å². The molecule has 2 rings (SSSR count). The molecule has 0 aliphatic rings. The van der Waals surface area contributed by atoms with Crippen molar-refractivity contribution in [3.05, 3.63) is 43.0 Å². The minimum absolute atomic E-state index is 0.0966. The van der Waals surface area contributed by atoms with Crippen LogP contribution in [-0.2, 0) is 9.59 Å². The highest BCUT2D eigenvalue weighted by atomic mass is 16.4. The van der Waals surface area contributed by atoms with Gasteiger partial charge in [-0.2, -0.15) is 0 Å². The lowest BCUT2D eigenvalue weighted by Gasteiger charge is -2.19. The third-order valence-corrected chi connectivity index (χ3v) is 3.14. The fraction of sp³-hybridized carbons (Fsp3) is 0.267. The maximum absolute atomic E-state index is 12.1. The number of aromatic nitrogens is 2. The van der Waals surface area contributed by atoms with Gasteiger partial charge < -0.3 is 15.0 Å². The SMILES string of the molecule is CC(C)(CC(=O)Nc1ccccc1-n1ccnc1)C(=O)O. The van der Waals surface area contributed by atoms with E-state index in [9.17, 15) is 9.59 Å². The molecule has 1 aromatic carbocycles. The van der Waals surface area contributed by atoms with E-state index in [2.05, 4.69) is 10.3 Å². The predicted octanol–water partition coefficient (Wildman–Crippen LogP) is 2.31. The van der Waals surface area contributed by atoms with Crippen molar-refractivity contribution in [1.82, 2.24) is 9.55 Å². The molecular formula is C15H17N3O3. The highest BCUT2D eigenvalue weighted by Crippen LogP contribution is 2.24. The fourth-order valence-corrected chi connectivity index (χ4v) is 1.88. The van der Waals surface area contributed by atoms with E-state index < -0.39 is 11.4 Å². The Balaban J connectivity index is 2.17. The summed E-state index contributed by atoms with van der Waals surface area (Å²) >= 11 is 0. The van der Waals surface area contributed by atoms with Crippen LogP contribution in [0.3, 0.4) is 0 Å². The number of carboxylic acid groups (broad SMARTS) is 1. The molecule has 2 aromatic rings. The first kappa shape index (κ1) is 14.8. The summed E-state index contributed by atoms with van der Waals surface area (Å²) < 4.78 is 1.78. The van der Waals surface area contributed by atoms with E-state index in [1.165, 1.54) is 13.8 Å². The third kappa shape index (κ3) is 3.47. The topological polar surface area (TPSA) is 84.2 Å². The maximum atomic E-state index is 12.1. The van der Waals surface area contributed by atoms with Gasteiger partial charge >= 0.3 is 5.97 Å². The monoisotopic (exact) mass is 287 g/mol. The number of nitrogens with zero attached hydrogens (tertiary/aromatic N) is 2. The molecule has 0 spiro atoms. The zero-order chi connectivity index (χ0) is 15.5. The van der Waals surface area contributed by atoms with Crippen LogP contribution < -0.4 is 5.32 Å². The standard InChI is InChI=1S/C15H17N3O3/c1-15(2,14(20)21)9-13(19)17-11-5-3-4-6-12(11)18-8-7-16-10-18/h3-8,10H,9H2,1-2H3,(H,17,19)(H,20,21). The normalized spacial score (nSPS) is 11.1. The van der Waals surface area contributed by atoms with Crippen molar-refractivity contribution in [3.8, 4) is 5.69 Å². The highest BCUT2D eigenvalue weighted by molar-refractivity contribution is 5.95. The van der Waals surface area contributed by atoms with Gasteiger partial charge in [-0.3, -0.25) is 9.59 Å². The number of carboxylic acids is 1. The predicted molar refractivity (Wildman–Crippen MR) is 78.2 cm³/mol. The number of aliphatic carboxylic acids is 1. The average molecular weight is 287 g/mol. The maximum Gasteiger partial charge on any atom is 0.309 e. The molecule has 2 N–H and O–H groups in total. The first-order valence-corrected chi connectivity index (χ1v) is 6.51. The molecule has 6 heteroatoms. The molecule has 1 aromatic heterocycles. The van der Waals surface area contributed by atoms with Crippen LogP contribution >= 0.6 is 0 Å². The van der Waals surface area contributed by atoms with Gasteiger partial charge in [0.2, 0.25) is 5.91 Å². The Bertz CT molecular complexity index is 648. The second-order valence-corrected chi connectivity index (χ2v) is 5.40. The van der Waals surface area contributed by atoms with Gasteiger partial charge in [0.25, 0.3) is 0 Å². The first-order valence-electron chi connectivity index (χ1n) is 6.51. The van der Waals surface area contributed by atoms with E-state index in [0.717, 1.165) is 5.69 Å². The fourth-order valence-electron chi connectivity index (χ4n) is 1.88. The summed E-state index contributed by atoms with van der Waals surface area (Å²) in [6.07, 6.45) is 4.95. The van der Waals surface area contributed by atoms with Crippen LogP contribution in [0.1, 0.15) is 20.3 Å². The molecule has 0 radical (unpaired) electrons. The number of hydrogen-bond acceptors (Lipinski definition) is 3. The summed E-state index contributed by atoms with van der Waals surface area (Å²) in [6.45, 7) is 3.05. The smallest absolute Gasteiger partial charge is 0.309 e. The molecule has 0 saturated carbocycles. The van der Waals surface area contributed by atoms with E-state index >= 15 is 0 Å². The van der Waals surface area contributed by atoms with E-state index in [0.29, 0.717) is 5.69 Å². The minimum Gasteiger partial charge on any atom is -0.481 e. The number of rotatable bonds is 5. The van der Waals surface area contributed by atoms with E-state index in [4.69, 9.17) is 5.11 Å². The second kappa shape index (κ2) is 5.78. The molecule has 0 aliphatic carbocycles. The number of hydrogen-bond donors (Lipinski definition) is 2. The molecule has 110 valence electrons. The lowest BCUT2D eigenvalue weighted by Crippen LogP contribution is -2.29. The van der Waals surface area contributed by atoms with Crippen LogP contribution in [0.25, 0.3) is 5.69 Å². The Morgan fingerprint density at radius 1 is 1.33 bits per heavy atom. The van der Waals surface area contributed by atoms with Crippen molar-refractivity contribution >= 4 is 17.6 Å². The van der Waals surface area contributed by atoms with Crippen LogP contribution in [0, 0.1) is 5.41 Å². The number of carbonyl (C=O) groups excluding carboxylic acids is 1. The van der Waals surface area contributed by atoms with Gasteiger partial charge in [-0.1, -0.05) is 12.1 Å². The molecule has 0 fully saturated rings.